The molecule has 2 atom stereocenters. The molecule has 1 saturated heterocycles. The first-order valence-corrected chi connectivity index (χ1v) is 7.42. The lowest BCUT2D eigenvalue weighted by molar-refractivity contribution is -0.265. The van der Waals surface area contributed by atoms with Gasteiger partial charge in [-0.2, -0.15) is 4.33 Å². The molecule has 0 saturated carbocycles. The van der Waals surface area contributed by atoms with E-state index in [0.29, 0.717) is 5.41 Å². The van der Waals surface area contributed by atoms with Crippen molar-refractivity contribution in [3.63, 3.8) is 0 Å². The minimum Gasteiger partial charge on any atom is -0.220 e. The Morgan fingerprint density at radius 2 is 1.87 bits per heavy atom. The fourth-order valence-electron chi connectivity index (χ4n) is 2.18. The van der Waals surface area contributed by atoms with E-state index in [9.17, 15) is 0 Å². The van der Waals surface area contributed by atoms with E-state index >= 15 is 0 Å². The Hall–Kier alpha value is 0.270. The third-order valence-corrected chi connectivity index (χ3v) is 4.94. The molecule has 0 aromatic carbocycles. The molecule has 0 spiro atoms. The smallest absolute Gasteiger partial charge is 0.0963 e. The van der Waals surface area contributed by atoms with Gasteiger partial charge in [0.15, 0.2) is 0 Å². The number of hydrogen-bond donors (Lipinski definition) is 1. The van der Waals surface area contributed by atoms with Gasteiger partial charge in [0.25, 0.3) is 0 Å². The lowest BCUT2D eigenvalue weighted by Crippen LogP contribution is -2.30. The van der Waals surface area contributed by atoms with Gasteiger partial charge in [-0.05, 0) is 38.5 Å². The van der Waals surface area contributed by atoms with E-state index in [1.807, 2.05) is 20.8 Å². The van der Waals surface area contributed by atoms with Crippen molar-refractivity contribution in [2.45, 2.75) is 53.6 Å². The van der Waals surface area contributed by atoms with Crippen molar-refractivity contribution in [1.82, 2.24) is 0 Å². The lowest BCUT2D eigenvalue weighted by Gasteiger charge is -2.40. The summed E-state index contributed by atoms with van der Waals surface area (Å²) >= 11 is -0.386. The molecule has 0 bridgehead atoms. The van der Waals surface area contributed by atoms with E-state index in [4.69, 9.17) is 9.22 Å². The highest BCUT2D eigenvalue weighted by atomic mass is 32.2. The number of hydrogen-bond acceptors (Lipinski definition) is 2. The quantitative estimate of drug-likeness (QED) is 0.446. The molecule has 1 rings (SSSR count). The molecule has 1 aliphatic heterocycles. The second-order valence-corrected chi connectivity index (χ2v) is 8.36. The molecule has 3 heteroatoms. The molecule has 0 amide bonds. The molecule has 1 fully saturated rings. The monoisotopic (exact) mass is 234 g/mol. The first kappa shape index (κ1) is 13.3. The van der Waals surface area contributed by atoms with Crippen LogP contribution in [-0.2, 0) is 9.22 Å². The molecule has 2 nitrogen and oxygen atoms in total. The summed E-state index contributed by atoms with van der Waals surface area (Å²) in [6.45, 7) is 13.1. The summed E-state index contributed by atoms with van der Waals surface area (Å²) in [5.41, 5.74) is 0.234. The molecule has 1 heterocycles. The Morgan fingerprint density at radius 1 is 1.27 bits per heavy atom. The van der Waals surface area contributed by atoms with Crippen molar-refractivity contribution < 1.29 is 9.22 Å². The zero-order valence-electron chi connectivity index (χ0n) is 11.0. The second-order valence-electron chi connectivity index (χ2n) is 6.57. The highest BCUT2D eigenvalue weighted by Crippen LogP contribution is 2.46. The largest absolute Gasteiger partial charge is 0.220 e. The first-order valence-electron chi connectivity index (χ1n) is 5.79. The highest BCUT2D eigenvalue weighted by molar-refractivity contribution is 8.12. The Labute approximate surface area is 97.2 Å². The normalized spacial score (nSPS) is 34.0. The average Bonchev–Trinajstić information content (AvgIpc) is 1.95. The maximum absolute atomic E-state index is 5.62. The van der Waals surface area contributed by atoms with Crippen LogP contribution in [0.3, 0.4) is 0 Å². The van der Waals surface area contributed by atoms with E-state index in [2.05, 4.69) is 20.8 Å². The van der Waals surface area contributed by atoms with Gasteiger partial charge in [0.1, 0.15) is 0 Å². The van der Waals surface area contributed by atoms with Crippen LogP contribution in [0.15, 0.2) is 0 Å². The average molecular weight is 234 g/mol. The van der Waals surface area contributed by atoms with E-state index < -0.39 is 0 Å². The van der Waals surface area contributed by atoms with Crippen LogP contribution in [0.4, 0.5) is 0 Å². The Balaban J connectivity index is 2.42. The van der Waals surface area contributed by atoms with Gasteiger partial charge >= 0.3 is 0 Å². The Morgan fingerprint density at radius 3 is 2.33 bits per heavy atom. The first-order chi connectivity index (χ1) is 6.68. The fraction of sp³-hybridized carbons (Fsp3) is 1.00. The van der Waals surface area contributed by atoms with Gasteiger partial charge in [-0.25, -0.2) is 4.89 Å². The molecular formula is C12H26O2S. The van der Waals surface area contributed by atoms with Crippen LogP contribution in [-0.4, -0.2) is 17.1 Å². The summed E-state index contributed by atoms with van der Waals surface area (Å²) < 4.78 is 5.62. The van der Waals surface area contributed by atoms with Crippen molar-refractivity contribution in [3.05, 3.63) is 0 Å². The van der Waals surface area contributed by atoms with Crippen molar-refractivity contribution in [1.29, 1.82) is 0 Å². The van der Waals surface area contributed by atoms with Gasteiger partial charge in [0.2, 0.25) is 0 Å². The Bertz CT molecular complexity index is 208. The Kier molecular flexibility index (Phi) is 4.13. The fourth-order valence-corrected chi connectivity index (χ4v) is 4.66. The zero-order chi connectivity index (χ0) is 11.7. The predicted molar refractivity (Wildman–Crippen MR) is 68.2 cm³/mol. The maximum atomic E-state index is 5.62. The summed E-state index contributed by atoms with van der Waals surface area (Å²) in [4.78, 5) is 5.44. The minimum absolute atomic E-state index is 0.187. The summed E-state index contributed by atoms with van der Waals surface area (Å²) in [5.74, 6) is 3.13. The van der Waals surface area contributed by atoms with Crippen molar-refractivity contribution in [2.75, 3.05) is 11.5 Å². The number of rotatable bonds is 2. The molecule has 92 valence electrons. The van der Waals surface area contributed by atoms with Gasteiger partial charge in [-0.3, -0.25) is 0 Å². The van der Waals surface area contributed by atoms with Crippen LogP contribution in [0, 0.1) is 11.3 Å². The van der Waals surface area contributed by atoms with E-state index in [-0.39, 0.29) is 16.8 Å². The minimum atomic E-state index is -0.386. The summed E-state index contributed by atoms with van der Waals surface area (Å²) in [6.07, 6.45) is 1.31. The molecular weight excluding hydrogens is 208 g/mol. The lowest BCUT2D eigenvalue weighted by atomic mass is 9.85. The van der Waals surface area contributed by atoms with Crippen LogP contribution < -0.4 is 0 Å². The van der Waals surface area contributed by atoms with Gasteiger partial charge in [0, 0.05) is 11.5 Å². The van der Waals surface area contributed by atoms with Gasteiger partial charge < -0.3 is 0 Å². The van der Waals surface area contributed by atoms with Crippen LogP contribution in [0.5, 0.6) is 0 Å². The van der Waals surface area contributed by atoms with Crippen LogP contribution in [0.1, 0.15) is 48.0 Å². The molecule has 1 aliphatic rings. The highest BCUT2D eigenvalue weighted by Gasteiger charge is 2.31. The molecule has 0 radical (unpaired) electrons. The summed E-state index contributed by atoms with van der Waals surface area (Å²) in [7, 11) is 0. The van der Waals surface area contributed by atoms with Crippen LogP contribution in [0.2, 0.25) is 0 Å². The van der Waals surface area contributed by atoms with Crippen molar-refractivity contribution in [2.24, 2.45) is 11.3 Å². The van der Waals surface area contributed by atoms with Crippen LogP contribution in [0.25, 0.3) is 0 Å². The van der Waals surface area contributed by atoms with E-state index in [1.54, 1.807) is 0 Å². The molecule has 0 N–H and O–H groups in total. The van der Waals surface area contributed by atoms with Gasteiger partial charge in [0.05, 0.1) is 5.60 Å². The van der Waals surface area contributed by atoms with Crippen molar-refractivity contribution in [3.8, 4) is 0 Å². The van der Waals surface area contributed by atoms with Gasteiger partial charge in [-0.1, -0.05) is 20.8 Å². The molecule has 0 aromatic heterocycles. The molecule has 15 heavy (non-hydrogen) atoms. The van der Waals surface area contributed by atoms with Crippen molar-refractivity contribution >= 4 is 11.2 Å². The topological polar surface area (TPSA) is 18.5 Å². The molecule has 0 aromatic rings. The molecule has 0 aliphatic carbocycles. The summed E-state index contributed by atoms with van der Waals surface area (Å²) in [6, 6.07) is 0. The van der Waals surface area contributed by atoms with E-state index in [0.717, 1.165) is 5.92 Å². The van der Waals surface area contributed by atoms with Gasteiger partial charge in [-0.15, -0.1) is 11.2 Å². The zero-order valence-corrected chi connectivity index (χ0v) is 11.9. The van der Waals surface area contributed by atoms with Crippen LogP contribution >= 0.6 is 11.2 Å². The standard InChI is InChI=1S/C12H26O2S/c1-10-7-12(5,6)9-15(8-10)14-13-11(2,3)4/h10,15H,7-9H2,1-6H3. The number of thiol groups is 1. The SMILES string of the molecule is CC1C[SH](OOC(C)(C)C)CC(C)(C)C1. The third-order valence-electron chi connectivity index (χ3n) is 2.41. The maximum Gasteiger partial charge on any atom is 0.0963 e. The predicted octanol–water partition coefficient (Wildman–Crippen LogP) is 3.72. The summed E-state index contributed by atoms with van der Waals surface area (Å²) in [5, 5.41) is 0. The van der Waals surface area contributed by atoms with E-state index in [1.165, 1.54) is 17.9 Å². The second kappa shape index (κ2) is 4.64. The third kappa shape index (κ3) is 5.23. The molecule has 2 unspecified atom stereocenters.